The molecule has 5 aromatic rings. The molecule has 0 N–H and O–H groups in total. The molecule has 0 aliphatic heterocycles. The van der Waals surface area contributed by atoms with Gasteiger partial charge in [-0.2, -0.15) is 0 Å². The van der Waals surface area contributed by atoms with Crippen LogP contribution in [-0.4, -0.2) is 15.3 Å². The number of fused-ring (bicyclic) bond motifs is 1. The van der Waals surface area contributed by atoms with E-state index in [2.05, 4.69) is 52.9 Å². The lowest BCUT2D eigenvalue weighted by molar-refractivity contribution is 0.315. The summed E-state index contributed by atoms with van der Waals surface area (Å²) >= 11 is 3.30. The van der Waals surface area contributed by atoms with E-state index >= 15 is 0 Å². The second kappa shape index (κ2) is 6.16. The fourth-order valence-corrected chi connectivity index (χ4v) is 4.57. The molecule has 6 heteroatoms. The van der Waals surface area contributed by atoms with Gasteiger partial charge in [-0.3, -0.25) is 0 Å². The number of hydrogen-bond donors (Lipinski definition) is 0. The van der Waals surface area contributed by atoms with Gasteiger partial charge in [-0.05, 0) is 46.2 Å². The van der Waals surface area contributed by atoms with Crippen molar-refractivity contribution in [3.63, 3.8) is 0 Å². The van der Waals surface area contributed by atoms with Gasteiger partial charge in [0.05, 0.1) is 10.6 Å². The van der Waals surface area contributed by atoms with Crippen LogP contribution in [0.2, 0.25) is 0 Å². The third kappa shape index (κ3) is 2.46. The summed E-state index contributed by atoms with van der Waals surface area (Å²) in [4.78, 5) is 7.19. The molecular formula is C20H13N3OS2. The first-order chi connectivity index (χ1) is 12.8. The molecular weight excluding hydrogens is 362 g/mol. The molecule has 0 saturated carbocycles. The summed E-state index contributed by atoms with van der Waals surface area (Å²) in [5.74, 6) is 0. The third-order valence-corrected chi connectivity index (χ3v) is 5.99. The average Bonchev–Trinajstić information content (AvgIpc) is 3.42. The molecule has 1 aromatic carbocycles. The smallest absolute Gasteiger partial charge is 0.163 e. The van der Waals surface area contributed by atoms with Crippen LogP contribution in [0.15, 0.2) is 63.9 Å². The van der Waals surface area contributed by atoms with Crippen molar-refractivity contribution in [2.75, 3.05) is 0 Å². The van der Waals surface area contributed by atoms with Crippen molar-refractivity contribution in [1.82, 2.24) is 15.3 Å². The minimum atomic E-state index is 0.701. The SMILES string of the molecule is Cc1cccc(-c2nc(-c3cccs3)c3nonc3c2-c2cccs2)c1. The van der Waals surface area contributed by atoms with E-state index in [0.29, 0.717) is 5.52 Å². The second-order valence-corrected chi connectivity index (χ2v) is 7.86. The van der Waals surface area contributed by atoms with Crippen molar-refractivity contribution in [3.8, 4) is 32.3 Å². The van der Waals surface area contributed by atoms with Crippen LogP contribution in [0.5, 0.6) is 0 Å². The Morgan fingerprint density at radius 1 is 0.808 bits per heavy atom. The zero-order valence-electron chi connectivity index (χ0n) is 13.8. The van der Waals surface area contributed by atoms with Crippen molar-refractivity contribution in [1.29, 1.82) is 0 Å². The van der Waals surface area contributed by atoms with Crippen LogP contribution < -0.4 is 0 Å². The van der Waals surface area contributed by atoms with Crippen LogP contribution in [0.3, 0.4) is 0 Å². The first kappa shape index (κ1) is 15.4. The van der Waals surface area contributed by atoms with Crippen molar-refractivity contribution in [2.45, 2.75) is 6.92 Å². The van der Waals surface area contributed by atoms with E-state index in [1.807, 2.05) is 23.6 Å². The Bertz CT molecular complexity index is 1190. The summed E-state index contributed by atoms with van der Waals surface area (Å²) in [5, 5.41) is 12.5. The number of aromatic nitrogens is 3. The topological polar surface area (TPSA) is 51.8 Å². The largest absolute Gasteiger partial charge is 0.244 e. The van der Waals surface area contributed by atoms with Crippen molar-refractivity contribution >= 4 is 33.7 Å². The molecule has 4 heterocycles. The molecule has 0 aliphatic rings. The van der Waals surface area contributed by atoms with E-state index in [1.165, 1.54) is 5.56 Å². The van der Waals surface area contributed by atoms with Gasteiger partial charge in [0.25, 0.3) is 0 Å². The normalized spacial score (nSPS) is 11.3. The zero-order chi connectivity index (χ0) is 17.5. The van der Waals surface area contributed by atoms with Gasteiger partial charge in [0, 0.05) is 16.0 Å². The fraction of sp³-hybridized carbons (Fsp3) is 0.0500. The molecule has 26 heavy (non-hydrogen) atoms. The number of rotatable bonds is 3. The van der Waals surface area contributed by atoms with Gasteiger partial charge in [-0.15, -0.1) is 22.7 Å². The van der Waals surface area contributed by atoms with E-state index in [9.17, 15) is 0 Å². The number of hydrogen-bond acceptors (Lipinski definition) is 6. The number of benzene rings is 1. The molecule has 0 bridgehead atoms. The molecule has 0 amide bonds. The highest BCUT2D eigenvalue weighted by Gasteiger charge is 2.22. The Labute approximate surface area is 157 Å². The van der Waals surface area contributed by atoms with Gasteiger partial charge in [0.1, 0.15) is 11.2 Å². The maximum absolute atomic E-state index is 5.13. The van der Waals surface area contributed by atoms with E-state index in [4.69, 9.17) is 9.61 Å². The standard InChI is InChI=1S/C20H13N3OS2/c1-12-5-2-6-13(11-12)17-16(14-7-3-9-25-14)19-20(23-24-22-19)18(21-17)15-8-4-10-26-15/h2-11H,1H3. The molecule has 5 rings (SSSR count). The summed E-state index contributed by atoms with van der Waals surface area (Å²) in [6.07, 6.45) is 0. The Balaban J connectivity index is 1.91. The molecule has 4 nitrogen and oxygen atoms in total. The molecule has 0 atom stereocenters. The van der Waals surface area contributed by atoms with Gasteiger partial charge in [0.15, 0.2) is 5.52 Å². The molecule has 4 aromatic heterocycles. The highest BCUT2D eigenvalue weighted by atomic mass is 32.1. The molecule has 0 spiro atoms. The zero-order valence-corrected chi connectivity index (χ0v) is 15.5. The predicted octanol–water partition coefficient (Wildman–Crippen LogP) is 6.05. The lowest BCUT2D eigenvalue weighted by Gasteiger charge is -2.11. The van der Waals surface area contributed by atoms with Crippen LogP contribution in [0.1, 0.15) is 5.56 Å². The van der Waals surface area contributed by atoms with Gasteiger partial charge in [0.2, 0.25) is 0 Å². The quantitative estimate of drug-likeness (QED) is 0.385. The van der Waals surface area contributed by atoms with E-state index in [0.717, 1.165) is 37.8 Å². The molecule has 0 fully saturated rings. The fourth-order valence-electron chi connectivity index (χ4n) is 3.08. The van der Waals surface area contributed by atoms with Crippen molar-refractivity contribution in [2.24, 2.45) is 0 Å². The maximum atomic E-state index is 5.13. The number of pyridine rings is 1. The summed E-state index contributed by atoms with van der Waals surface area (Å²) in [6.45, 7) is 2.09. The van der Waals surface area contributed by atoms with Crippen LogP contribution >= 0.6 is 22.7 Å². The molecule has 126 valence electrons. The monoisotopic (exact) mass is 375 g/mol. The minimum Gasteiger partial charge on any atom is -0.244 e. The minimum absolute atomic E-state index is 0.701. The lowest BCUT2D eigenvalue weighted by Crippen LogP contribution is -1.94. The summed E-state index contributed by atoms with van der Waals surface area (Å²) < 4.78 is 5.13. The average molecular weight is 375 g/mol. The van der Waals surface area contributed by atoms with Crippen molar-refractivity contribution in [3.05, 3.63) is 64.9 Å². The highest BCUT2D eigenvalue weighted by Crippen LogP contribution is 2.41. The second-order valence-electron chi connectivity index (χ2n) is 5.97. The predicted molar refractivity (Wildman–Crippen MR) is 106 cm³/mol. The molecule has 0 saturated heterocycles. The van der Waals surface area contributed by atoms with E-state index in [-0.39, 0.29) is 0 Å². The summed E-state index contributed by atoms with van der Waals surface area (Å²) in [6, 6.07) is 16.6. The van der Waals surface area contributed by atoms with E-state index < -0.39 is 0 Å². The third-order valence-electron chi connectivity index (χ3n) is 4.22. The Hall–Kier alpha value is -2.83. The Morgan fingerprint density at radius 2 is 1.58 bits per heavy atom. The number of thiophene rings is 2. The first-order valence-electron chi connectivity index (χ1n) is 8.12. The van der Waals surface area contributed by atoms with Gasteiger partial charge in [-0.25, -0.2) is 9.61 Å². The molecule has 0 aliphatic carbocycles. The number of aryl methyl sites for hydroxylation is 1. The Kier molecular flexibility index (Phi) is 3.65. The maximum Gasteiger partial charge on any atom is 0.163 e. The lowest BCUT2D eigenvalue weighted by atomic mass is 10.0. The van der Waals surface area contributed by atoms with Gasteiger partial charge < -0.3 is 0 Å². The van der Waals surface area contributed by atoms with Gasteiger partial charge >= 0.3 is 0 Å². The Morgan fingerprint density at radius 3 is 2.31 bits per heavy atom. The molecule has 0 radical (unpaired) electrons. The summed E-state index contributed by atoms with van der Waals surface area (Å²) in [7, 11) is 0. The number of nitrogens with zero attached hydrogens (tertiary/aromatic N) is 3. The highest BCUT2D eigenvalue weighted by molar-refractivity contribution is 7.14. The molecule has 0 unspecified atom stereocenters. The summed E-state index contributed by atoms with van der Waals surface area (Å²) in [5.41, 5.74) is 6.40. The van der Waals surface area contributed by atoms with E-state index in [1.54, 1.807) is 22.7 Å². The first-order valence-corrected chi connectivity index (χ1v) is 9.88. The van der Waals surface area contributed by atoms with Crippen LogP contribution in [-0.2, 0) is 0 Å². The van der Waals surface area contributed by atoms with Crippen LogP contribution in [0.4, 0.5) is 0 Å². The van der Waals surface area contributed by atoms with Crippen molar-refractivity contribution < 1.29 is 4.63 Å². The van der Waals surface area contributed by atoms with Crippen LogP contribution in [0.25, 0.3) is 43.3 Å². The van der Waals surface area contributed by atoms with Gasteiger partial charge in [-0.1, -0.05) is 35.9 Å². The van der Waals surface area contributed by atoms with Crippen LogP contribution in [0, 0.1) is 6.92 Å².